The molecule has 2 aromatic carbocycles. The molecule has 0 radical (unpaired) electrons. The van der Waals surface area contributed by atoms with Crippen molar-refractivity contribution in [2.75, 3.05) is 38.3 Å². The molecule has 0 aliphatic carbocycles. The molecule has 0 aromatic heterocycles. The third-order valence-corrected chi connectivity index (χ3v) is 4.81. The quantitative estimate of drug-likeness (QED) is 0.895. The van der Waals surface area contributed by atoms with E-state index in [0.29, 0.717) is 30.3 Å². The van der Waals surface area contributed by atoms with Crippen LogP contribution in [0.3, 0.4) is 0 Å². The largest absolute Gasteiger partial charge is 0.454 e. The first-order chi connectivity index (χ1) is 12.7. The summed E-state index contributed by atoms with van der Waals surface area (Å²) in [6.45, 7) is 4.12. The summed E-state index contributed by atoms with van der Waals surface area (Å²) in [6, 6.07) is 13.2. The number of benzene rings is 2. The summed E-state index contributed by atoms with van der Waals surface area (Å²) in [5, 5.41) is 3.68. The zero-order valence-corrected chi connectivity index (χ0v) is 15.0. The van der Waals surface area contributed by atoms with Gasteiger partial charge in [-0.15, -0.1) is 0 Å². The van der Waals surface area contributed by atoms with Gasteiger partial charge < -0.3 is 19.7 Å². The second-order valence-electron chi connectivity index (χ2n) is 6.39. The number of amides is 2. The lowest BCUT2D eigenvalue weighted by molar-refractivity contribution is 0.143. The van der Waals surface area contributed by atoms with Crippen LogP contribution < -0.4 is 14.8 Å². The summed E-state index contributed by atoms with van der Waals surface area (Å²) in [5.41, 5.74) is 1.90. The number of anilines is 1. The highest BCUT2D eigenvalue weighted by molar-refractivity contribution is 6.30. The fourth-order valence-electron chi connectivity index (χ4n) is 3.18. The number of nitrogens with one attached hydrogen (secondary N) is 1. The van der Waals surface area contributed by atoms with Gasteiger partial charge in [0.05, 0.1) is 0 Å². The molecule has 1 N–H and O–H groups in total. The summed E-state index contributed by atoms with van der Waals surface area (Å²) >= 11 is 6.04. The molecule has 1 fully saturated rings. The van der Waals surface area contributed by atoms with Crippen molar-refractivity contribution in [1.82, 2.24) is 9.80 Å². The molecular weight excluding hydrogens is 354 g/mol. The Hall–Kier alpha value is -2.44. The highest BCUT2D eigenvalue weighted by Gasteiger charge is 2.22. The molecule has 0 saturated carbocycles. The average Bonchev–Trinajstić information content (AvgIpc) is 3.10. The lowest BCUT2D eigenvalue weighted by atomic mass is 10.2. The Bertz CT molecular complexity index is 806. The summed E-state index contributed by atoms with van der Waals surface area (Å²) in [6.07, 6.45) is 0. The minimum Gasteiger partial charge on any atom is -0.454 e. The molecule has 2 aliphatic heterocycles. The number of rotatable bonds is 3. The summed E-state index contributed by atoms with van der Waals surface area (Å²) < 4.78 is 10.6. The number of urea groups is 1. The van der Waals surface area contributed by atoms with Gasteiger partial charge in [-0.25, -0.2) is 4.79 Å². The van der Waals surface area contributed by atoms with Crippen LogP contribution in [0.4, 0.5) is 10.5 Å². The first-order valence-corrected chi connectivity index (χ1v) is 8.97. The predicted octanol–water partition coefficient (Wildman–Crippen LogP) is 3.42. The normalized spacial score (nSPS) is 16.6. The molecule has 0 spiro atoms. The van der Waals surface area contributed by atoms with Crippen LogP contribution in [0.5, 0.6) is 11.5 Å². The van der Waals surface area contributed by atoms with Gasteiger partial charge in [-0.2, -0.15) is 0 Å². The van der Waals surface area contributed by atoms with Gasteiger partial charge in [0.15, 0.2) is 11.5 Å². The maximum Gasteiger partial charge on any atom is 0.321 e. The molecular formula is C19H20ClN3O3. The van der Waals surface area contributed by atoms with Crippen LogP contribution in [0.1, 0.15) is 5.56 Å². The highest BCUT2D eigenvalue weighted by atomic mass is 35.5. The zero-order valence-electron chi connectivity index (χ0n) is 14.3. The monoisotopic (exact) mass is 373 g/mol. The Morgan fingerprint density at radius 1 is 1.04 bits per heavy atom. The molecule has 4 rings (SSSR count). The van der Waals surface area contributed by atoms with Crippen molar-refractivity contribution in [3.8, 4) is 11.5 Å². The minimum absolute atomic E-state index is 0.0914. The molecule has 2 aromatic rings. The summed E-state index contributed by atoms with van der Waals surface area (Å²) in [5.74, 6) is 1.37. The van der Waals surface area contributed by atoms with E-state index in [4.69, 9.17) is 21.1 Å². The molecule has 6 nitrogen and oxygen atoms in total. The maximum absolute atomic E-state index is 12.5. The first-order valence-electron chi connectivity index (χ1n) is 8.60. The number of piperazine rings is 1. The van der Waals surface area contributed by atoms with E-state index in [9.17, 15) is 4.79 Å². The van der Waals surface area contributed by atoms with Crippen molar-refractivity contribution in [2.24, 2.45) is 0 Å². The van der Waals surface area contributed by atoms with Crippen molar-refractivity contribution < 1.29 is 14.3 Å². The van der Waals surface area contributed by atoms with Crippen molar-refractivity contribution in [3.05, 3.63) is 53.1 Å². The number of ether oxygens (including phenoxy) is 2. The van der Waals surface area contributed by atoms with Crippen LogP contribution >= 0.6 is 11.6 Å². The van der Waals surface area contributed by atoms with E-state index >= 15 is 0 Å². The number of carbonyl (C=O) groups excluding carboxylic acids is 1. The van der Waals surface area contributed by atoms with Gasteiger partial charge in [-0.1, -0.05) is 23.7 Å². The standard InChI is InChI=1S/C19H20ClN3O3/c20-15-3-1-2-14(10-15)12-22-6-8-23(9-7-22)19(24)21-16-4-5-17-18(11-16)26-13-25-17/h1-5,10-11H,6-9,12-13H2,(H,21,24). The number of fused-ring (bicyclic) bond motifs is 1. The fraction of sp³-hybridized carbons (Fsp3) is 0.316. The molecule has 7 heteroatoms. The molecule has 0 bridgehead atoms. The lowest BCUT2D eigenvalue weighted by Gasteiger charge is -2.34. The Kier molecular flexibility index (Phi) is 4.86. The Morgan fingerprint density at radius 2 is 1.85 bits per heavy atom. The maximum atomic E-state index is 12.5. The van der Waals surface area contributed by atoms with Crippen LogP contribution in [0.25, 0.3) is 0 Å². The van der Waals surface area contributed by atoms with Crippen LogP contribution in [-0.4, -0.2) is 48.8 Å². The molecule has 2 heterocycles. The molecule has 0 unspecified atom stereocenters. The van der Waals surface area contributed by atoms with Crippen LogP contribution in [0, 0.1) is 0 Å². The van der Waals surface area contributed by atoms with Crippen molar-refractivity contribution in [3.63, 3.8) is 0 Å². The lowest BCUT2D eigenvalue weighted by Crippen LogP contribution is -2.49. The van der Waals surface area contributed by atoms with Gasteiger partial charge in [-0.3, -0.25) is 4.90 Å². The third-order valence-electron chi connectivity index (χ3n) is 4.58. The van der Waals surface area contributed by atoms with E-state index in [-0.39, 0.29) is 12.8 Å². The molecule has 0 atom stereocenters. The molecule has 26 heavy (non-hydrogen) atoms. The highest BCUT2D eigenvalue weighted by Crippen LogP contribution is 2.34. The molecule has 2 aliphatic rings. The number of hydrogen-bond donors (Lipinski definition) is 1. The van der Waals surface area contributed by atoms with Crippen molar-refractivity contribution >= 4 is 23.3 Å². The van der Waals surface area contributed by atoms with E-state index in [1.54, 1.807) is 12.1 Å². The van der Waals surface area contributed by atoms with E-state index < -0.39 is 0 Å². The Labute approximate surface area is 157 Å². The van der Waals surface area contributed by atoms with Crippen molar-refractivity contribution in [2.45, 2.75) is 6.54 Å². The fourth-order valence-corrected chi connectivity index (χ4v) is 3.39. The minimum atomic E-state index is -0.0914. The summed E-state index contributed by atoms with van der Waals surface area (Å²) in [7, 11) is 0. The van der Waals surface area contributed by atoms with Gasteiger partial charge >= 0.3 is 6.03 Å². The first kappa shape index (κ1) is 17.0. The van der Waals surface area contributed by atoms with Gasteiger partial charge in [-0.05, 0) is 29.8 Å². The van der Waals surface area contributed by atoms with Gasteiger partial charge in [0.1, 0.15) is 0 Å². The second kappa shape index (κ2) is 7.43. The average molecular weight is 374 g/mol. The van der Waals surface area contributed by atoms with E-state index in [0.717, 1.165) is 24.7 Å². The van der Waals surface area contributed by atoms with Crippen LogP contribution in [0.15, 0.2) is 42.5 Å². The number of halogens is 1. The number of hydrogen-bond acceptors (Lipinski definition) is 4. The van der Waals surface area contributed by atoms with Gasteiger partial charge in [0.25, 0.3) is 0 Å². The third kappa shape index (κ3) is 3.86. The number of carbonyl (C=O) groups is 1. The smallest absolute Gasteiger partial charge is 0.321 e. The van der Waals surface area contributed by atoms with E-state index in [2.05, 4.69) is 16.3 Å². The Morgan fingerprint density at radius 3 is 2.65 bits per heavy atom. The van der Waals surface area contributed by atoms with E-state index in [1.807, 2.05) is 29.2 Å². The summed E-state index contributed by atoms with van der Waals surface area (Å²) in [4.78, 5) is 16.6. The SMILES string of the molecule is O=C(Nc1ccc2c(c1)OCO2)N1CCN(Cc2cccc(Cl)c2)CC1. The topological polar surface area (TPSA) is 54.0 Å². The van der Waals surface area contributed by atoms with E-state index in [1.165, 1.54) is 5.56 Å². The van der Waals surface area contributed by atoms with Gasteiger partial charge in [0, 0.05) is 49.5 Å². The van der Waals surface area contributed by atoms with Gasteiger partial charge in [0.2, 0.25) is 6.79 Å². The van der Waals surface area contributed by atoms with Crippen LogP contribution in [-0.2, 0) is 6.54 Å². The molecule has 1 saturated heterocycles. The predicted molar refractivity (Wildman–Crippen MR) is 99.9 cm³/mol. The second-order valence-corrected chi connectivity index (χ2v) is 6.83. The van der Waals surface area contributed by atoms with Crippen molar-refractivity contribution in [1.29, 1.82) is 0 Å². The molecule has 2 amide bonds. The zero-order chi connectivity index (χ0) is 17.9. The Balaban J connectivity index is 1.29. The molecule has 136 valence electrons. The van der Waals surface area contributed by atoms with Crippen LogP contribution in [0.2, 0.25) is 5.02 Å². The number of nitrogens with zero attached hydrogens (tertiary/aromatic N) is 2.